The summed E-state index contributed by atoms with van der Waals surface area (Å²) in [5.74, 6) is 2.70. The van der Waals surface area contributed by atoms with Crippen LogP contribution in [-0.2, 0) is 13.2 Å². The summed E-state index contributed by atoms with van der Waals surface area (Å²) in [5, 5.41) is 9.00. The fraction of sp³-hybridized carbons (Fsp3) is 0.467. The number of aliphatic hydroxyl groups excluding tert-OH is 1. The molecule has 0 aromatic heterocycles. The molecule has 0 aliphatic carbocycles. The van der Waals surface area contributed by atoms with Gasteiger partial charge in [-0.05, 0) is 11.1 Å². The van der Waals surface area contributed by atoms with Gasteiger partial charge in [0.2, 0.25) is 0 Å². The van der Waals surface area contributed by atoms with Crippen LogP contribution in [0, 0.1) is 12.3 Å². The monoisotopic (exact) mass is 244 g/mol. The predicted octanol–water partition coefficient (Wildman–Crippen LogP) is 0.930. The van der Waals surface area contributed by atoms with Gasteiger partial charge in [-0.3, -0.25) is 9.80 Å². The van der Waals surface area contributed by atoms with Crippen molar-refractivity contribution in [2.24, 2.45) is 0 Å². The summed E-state index contributed by atoms with van der Waals surface area (Å²) in [5.41, 5.74) is 2.27. The first kappa shape index (κ1) is 13.1. The highest BCUT2D eigenvalue weighted by Gasteiger charge is 2.15. The van der Waals surface area contributed by atoms with Crippen LogP contribution in [-0.4, -0.2) is 47.6 Å². The first-order valence-electron chi connectivity index (χ1n) is 6.38. The Labute approximate surface area is 109 Å². The second kappa shape index (κ2) is 6.55. The number of hydrogen-bond acceptors (Lipinski definition) is 3. The van der Waals surface area contributed by atoms with Gasteiger partial charge in [-0.2, -0.15) is 0 Å². The van der Waals surface area contributed by atoms with E-state index >= 15 is 0 Å². The van der Waals surface area contributed by atoms with Gasteiger partial charge in [0, 0.05) is 32.7 Å². The van der Waals surface area contributed by atoms with Crippen LogP contribution in [0.15, 0.2) is 24.3 Å². The number of nitrogens with zero attached hydrogens (tertiary/aromatic N) is 2. The Morgan fingerprint density at radius 1 is 1.00 bits per heavy atom. The minimum absolute atomic E-state index is 0.116. The Morgan fingerprint density at radius 2 is 1.56 bits per heavy atom. The lowest BCUT2D eigenvalue weighted by molar-refractivity contribution is 0.138. The van der Waals surface area contributed by atoms with Gasteiger partial charge in [0.1, 0.15) is 0 Å². The highest BCUT2D eigenvalue weighted by molar-refractivity contribution is 5.21. The van der Waals surface area contributed by atoms with Crippen molar-refractivity contribution in [2.75, 3.05) is 32.7 Å². The van der Waals surface area contributed by atoms with E-state index in [9.17, 15) is 0 Å². The van der Waals surface area contributed by atoms with E-state index in [2.05, 4.69) is 27.9 Å². The number of piperazine rings is 1. The molecule has 0 spiro atoms. The molecule has 1 aromatic carbocycles. The number of terminal acetylenes is 1. The normalized spacial score (nSPS) is 17.6. The molecule has 0 unspecified atom stereocenters. The lowest BCUT2D eigenvalue weighted by Crippen LogP contribution is -2.45. The average Bonchev–Trinajstić information content (AvgIpc) is 2.42. The molecule has 1 N–H and O–H groups in total. The molecule has 0 bridgehead atoms. The Kier molecular flexibility index (Phi) is 4.77. The van der Waals surface area contributed by atoms with Crippen molar-refractivity contribution in [3.8, 4) is 12.3 Å². The van der Waals surface area contributed by atoms with Crippen LogP contribution < -0.4 is 0 Å². The van der Waals surface area contributed by atoms with Gasteiger partial charge < -0.3 is 5.11 Å². The zero-order valence-corrected chi connectivity index (χ0v) is 10.7. The van der Waals surface area contributed by atoms with Gasteiger partial charge in [-0.1, -0.05) is 30.2 Å². The average molecular weight is 244 g/mol. The topological polar surface area (TPSA) is 26.7 Å². The van der Waals surface area contributed by atoms with E-state index in [1.54, 1.807) is 0 Å². The first-order chi connectivity index (χ1) is 8.81. The van der Waals surface area contributed by atoms with Crippen molar-refractivity contribution in [1.29, 1.82) is 0 Å². The predicted molar refractivity (Wildman–Crippen MR) is 72.9 cm³/mol. The molecular weight excluding hydrogens is 224 g/mol. The fourth-order valence-electron chi connectivity index (χ4n) is 2.24. The molecular formula is C15H20N2O. The van der Waals surface area contributed by atoms with E-state index in [1.165, 1.54) is 5.56 Å². The van der Waals surface area contributed by atoms with E-state index in [4.69, 9.17) is 11.5 Å². The van der Waals surface area contributed by atoms with E-state index in [-0.39, 0.29) is 6.61 Å². The molecule has 0 radical (unpaired) electrons. The smallest absolute Gasteiger partial charge is 0.0681 e. The van der Waals surface area contributed by atoms with Gasteiger partial charge in [-0.25, -0.2) is 0 Å². The van der Waals surface area contributed by atoms with Crippen LogP contribution in [0.4, 0.5) is 0 Å². The van der Waals surface area contributed by atoms with Gasteiger partial charge in [0.15, 0.2) is 0 Å². The van der Waals surface area contributed by atoms with Gasteiger partial charge in [-0.15, -0.1) is 6.42 Å². The minimum Gasteiger partial charge on any atom is -0.392 e. The van der Waals surface area contributed by atoms with Crippen LogP contribution in [0.2, 0.25) is 0 Å². The van der Waals surface area contributed by atoms with Gasteiger partial charge in [0.25, 0.3) is 0 Å². The number of rotatable bonds is 4. The standard InChI is InChI=1S/C15H20N2O/c1-2-7-16-8-10-17(11-9-16)12-14-3-5-15(13-18)6-4-14/h1,3-6,18H,7-13H2. The van der Waals surface area contributed by atoms with Gasteiger partial charge in [0.05, 0.1) is 13.2 Å². The second-order valence-corrected chi connectivity index (χ2v) is 4.73. The van der Waals surface area contributed by atoms with Gasteiger partial charge >= 0.3 is 0 Å². The largest absolute Gasteiger partial charge is 0.392 e. The molecule has 1 aromatic rings. The summed E-state index contributed by atoms with van der Waals surface area (Å²) < 4.78 is 0. The summed E-state index contributed by atoms with van der Waals surface area (Å²) >= 11 is 0. The Bertz CT molecular complexity index is 399. The lowest BCUT2D eigenvalue weighted by atomic mass is 10.1. The third-order valence-electron chi connectivity index (χ3n) is 3.39. The first-order valence-corrected chi connectivity index (χ1v) is 6.38. The number of benzene rings is 1. The third kappa shape index (κ3) is 3.58. The fourth-order valence-corrected chi connectivity index (χ4v) is 2.24. The lowest BCUT2D eigenvalue weighted by Gasteiger charge is -2.33. The molecule has 0 atom stereocenters. The number of aliphatic hydroxyl groups is 1. The Hall–Kier alpha value is -1.34. The van der Waals surface area contributed by atoms with Crippen LogP contribution in [0.25, 0.3) is 0 Å². The molecule has 3 nitrogen and oxygen atoms in total. The quantitative estimate of drug-likeness (QED) is 0.798. The molecule has 1 saturated heterocycles. The van der Waals surface area contributed by atoms with E-state index < -0.39 is 0 Å². The summed E-state index contributed by atoms with van der Waals surface area (Å²) in [6, 6.07) is 8.17. The molecule has 0 saturated carbocycles. The van der Waals surface area contributed by atoms with Crippen molar-refractivity contribution in [2.45, 2.75) is 13.2 Å². The second-order valence-electron chi connectivity index (χ2n) is 4.73. The maximum absolute atomic E-state index is 9.00. The molecule has 2 rings (SSSR count). The van der Waals surface area contributed by atoms with Crippen molar-refractivity contribution in [3.05, 3.63) is 35.4 Å². The van der Waals surface area contributed by atoms with Crippen LogP contribution in [0.5, 0.6) is 0 Å². The van der Waals surface area contributed by atoms with Crippen molar-refractivity contribution < 1.29 is 5.11 Å². The molecule has 1 aliphatic rings. The zero-order chi connectivity index (χ0) is 12.8. The zero-order valence-electron chi connectivity index (χ0n) is 10.7. The molecule has 0 amide bonds. The molecule has 1 fully saturated rings. The highest BCUT2D eigenvalue weighted by Crippen LogP contribution is 2.10. The molecule has 1 heterocycles. The minimum atomic E-state index is 0.116. The summed E-state index contributed by atoms with van der Waals surface area (Å²) in [6.07, 6.45) is 5.32. The molecule has 3 heteroatoms. The van der Waals surface area contributed by atoms with Crippen LogP contribution >= 0.6 is 0 Å². The van der Waals surface area contributed by atoms with Crippen molar-refractivity contribution in [1.82, 2.24) is 9.80 Å². The maximum Gasteiger partial charge on any atom is 0.0681 e. The van der Waals surface area contributed by atoms with Crippen LogP contribution in [0.1, 0.15) is 11.1 Å². The van der Waals surface area contributed by atoms with E-state index in [0.29, 0.717) is 0 Å². The molecule has 96 valence electrons. The summed E-state index contributed by atoms with van der Waals surface area (Å²) in [4.78, 5) is 4.76. The summed E-state index contributed by atoms with van der Waals surface area (Å²) in [6.45, 7) is 6.12. The SMILES string of the molecule is C#CCN1CCN(Cc2ccc(CO)cc2)CC1. The van der Waals surface area contributed by atoms with Crippen molar-refractivity contribution in [3.63, 3.8) is 0 Å². The third-order valence-corrected chi connectivity index (χ3v) is 3.39. The molecule has 1 aliphatic heterocycles. The highest BCUT2D eigenvalue weighted by atomic mass is 16.3. The Balaban J connectivity index is 1.82. The van der Waals surface area contributed by atoms with Crippen molar-refractivity contribution >= 4 is 0 Å². The number of hydrogen-bond donors (Lipinski definition) is 1. The van der Waals surface area contributed by atoms with E-state index in [0.717, 1.165) is 44.8 Å². The Morgan fingerprint density at radius 3 is 2.11 bits per heavy atom. The van der Waals surface area contributed by atoms with E-state index in [1.807, 2.05) is 12.1 Å². The maximum atomic E-state index is 9.00. The molecule has 18 heavy (non-hydrogen) atoms. The van der Waals surface area contributed by atoms with Crippen LogP contribution in [0.3, 0.4) is 0 Å². The summed E-state index contributed by atoms with van der Waals surface area (Å²) in [7, 11) is 0.